The van der Waals surface area contributed by atoms with E-state index in [2.05, 4.69) is 54.9 Å². The van der Waals surface area contributed by atoms with E-state index in [0.717, 1.165) is 80.7 Å². The van der Waals surface area contributed by atoms with Crippen molar-refractivity contribution in [2.24, 2.45) is 4.99 Å². The maximum Gasteiger partial charge on any atom is 0.142 e. The summed E-state index contributed by atoms with van der Waals surface area (Å²) in [6, 6.07) is 14.1. The summed E-state index contributed by atoms with van der Waals surface area (Å²) in [7, 11) is 0. The zero-order valence-electron chi connectivity index (χ0n) is 23.6. The molecule has 0 spiro atoms. The lowest BCUT2D eigenvalue weighted by Crippen LogP contribution is -2.40. The topological polar surface area (TPSA) is 63.3 Å². The first-order chi connectivity index (χ1) is 19.0. The predicted molar refractivity (Wildman–Crippen MR) is 163 cm³/mol. The monoisotopic (exact) mass is 550 g/mol. The molecular weight excluding hydrogens is 508 g/mol. The van der Waals surface area contributed by atoms with Crippen molar-refractivity contribution in [2.45, 2.75) is 58.5 Å². The van der Waals surface area contributed by atoms with Crippen molar-refractivity contribution in [3.63, 3.8) is 0 Å². The molecule has 7 heteroatoms. The Kier molecular flexibility index (Phi) is 10.7. The highest BCUT2D eigenvalue weighted by atomic mass is 35.5. The van der Waals surface area contributed by atoms with E-state index in [1.54, 1.807) is 0 Å². The third-order valence-electron chi connectivity index (χ3n) is 7.41. The molecule has 2 aromatic carbocycles. The van der Waals surface area contributed by atoms with Gasteiger partial charge < -0.3 is 25.0 Å². The van der Waals surface area contributed by atoms with Crippen LogP contribution in [0, 0.1) is 0 Å². The van der Waals surface area contributed by atoms with Crippen LogP contribution in [-0.2, 0) is 11.2 Å². The molecule has 0 aromatic heterocycles. The van der Waals surface area contributed by atoms with Crippen LogP contribution < -0.4 is 10.5 Å². The number of hydrogen-bond acceptors (Lipinski definition) is 6. The standard InChI is InChI=1S/C32H43ClN4O2/c1-4-7-19-37-30-23-27(38-20-8-18-36(5-2)6-3)14-16-29(30)35-32(37)25-11-15-28(34)31(22-25)39-21-17-24-9-12-26(33)13-10-24/h9-16,22-23,29-30H,4-8,17-21,34H2,1-3H3. The number of amidine groups is 1. The van der Waals surface area contributed by atoms with Crippen LogP contribution in [0.5, 0.6) is 5.75 Å². The molecule has 0 radical (unpaired) electrons. The van der Waals surface area contributed by atoms with E-state index in [9.17, 15) is 0 Å². The first-order valence-corrected chi connectivity index (χ1v) is 14.8. The second kappa shape index (κ2) is 14.4. The number of halogens is 1. The van der Waals surface area contributed by atoms with Crippen molar-refractivity contribution in [3.8, 4) is 5.75 Å². The van der Waals surface area contributed by atoms with Crippen molar-refractivity contribution in [3.05, 3.63) is 82.6 Å². The zero-order chi connectivity index (χ0) is 27.6. The van der Waals surface area contributed by atoms with Crippen LogP contribution in [0.15, 0.2) is 71.4 Å². The molecular formula is C32H43ClN4O2. The number of allylic oxidation sites excluding steroid dienone is 1. The van der Waals surface area contributed by atoms with Crippen molar-refractivity contribution in [2.75, 3.05) is 45.1 Å². The molecule has 2 atom stereocenters. The minimum absolute atomic E-state index is 0.0757. The number of fused-ring (bicyclic) bond motifs is 1. The summed E-state index contributed by atoms with van der Waals surface area (Å²) in [6.45, 7) is 12.1. The Morgan fingerprint density at radius 2 is 1.79 bits per heavy atom. The Hall–Kier alpha value is -2.96. The van der Waals surface area contributed by atoms with Crippen molar-refractivity contribution in [1.82, 2.24) is 9.80 Å². The van der Waals surface area contributed by atoms with Crippen molar-refractivity contribution < 1.29 is 9.47 Å². The fraction of sp³-hybridized carbons (Fsp3) is 0.469. The van der Waals surface area contributed by atoms with E-state index >= 15 is 0 Å². The summed E-state index contributed by atoms with van der Waals surface area (Å²) in [5, 5.41) is 0.737. The minimum atomic E-state index is 0.0757. The lowest BCUT2D eigenvalue weighted by molar-refractivity contribution is 0.190. The minimum Gasteiger partial charge on any atom is -0.494 e. The lowest BCUT2D eigenvalue weighted by atomic mass is 10.0. The fourth-order valence-corrected chi connectivity index (χ4v) is 5.17. The highest BCUT2D eigenvalue weighted by molar-refractivity contribution is 6.30. The fourth-order valence-electron chi connectivity index (χ4n) is 5.05. The van der Waals surface area contributed by atoms with Gasteiger partial charge in [0, 0.05) is 30.1 Å². The molecule has 0 bridgehead atoms. The van der Waals surface area contributed by atoms with Gasteiger partial charge in [-0.1, -0.05) is 57.0 Å². The lowest BCUT2D eigenvalue weighted by Gasteiger charge is -2.30. The van der Waals surface area contributed by atoms with Gasteiger partial charge in [0.2, 0.25) is 0 Å². The number of nitrogen functional groups attached to an aromatic ring is 1. The molecule has 2 aliphatic rings. The molecule has 0 saturated heterocycles. The Morgan fingerprint density at radius 3 is 2.54 bits per heavy atom. The zero-order valence-corrected chi connectivity index (χ0v) is 24.4. The smallest absolute Gasteiger partial charge is 0.142 e. The van der Waals surface area contributed by atoms with Gasteiger partial charge >= 0.3 is 0 Å². The molecule has 1 aliphatic heterocycles. The Labute approximate surface area is 239 Å². The van der Waals surface area contributed by atoms with Gasteiger partial charge in [0.05, 0.1) is 31.0 Å². The van der Waals surface area contributed by atoms with E-state index in [4.69, 9.17) is 31.8 Å². The molecule has 1 aliphatic carbocycles. The molecule has 2 unspecified atom stereocenters. The third-order valence-corrected chi connectivity index (χ3v) is 7.67. The van der Waals surface area contributed by atoms with Crippen LogP contribution in [0.1, 0.15) is 51.2 Å². The number of rotatable bonds is 15. The average Bonchev–Trinajstić information content (AvgIpc) is 3.31. The van der Waals surface area contributed by atoms with E-state index in [-0.39, 0.29) is 12.1 Å². The van der Waals surface area contributed by atoms with Gasteiger partial charge in [0.15, 0.2) is 0 Å². The van der Waals surface area contributed by atoms with Crippen LogP contribution >= 0.6 is 11.6 Å². The number of ether oxygens (including phenoxy) is 2. The largest absolute Gasteiger partial charge is 0.494 e. The van der Waals surface area contributed by atoms with Gasteiger partial charge in [-0.3, -0.25) is 4.99 Å². The van der Waals surface area contributed by atoms with E-state index < -0.39 is 0 Å². The molecule has 39 heavy (non-hydrogen) atoms. The van der Waals surface area contributed by atoms with Gasteiger partial charge in [-0.05, 0) is 74.0 Å². The molecule has 0 saturated carbocycles. The van der Waals surface area contributed by atoms with Gasteiger partial charge in [0.1, 0.15) is 17.3 Å². The third kappa shape index (κ3) is 7.80. The summed E-state index contributed by atoms with van der Waals surface area (Å²) in [4.78, 5) is 9.98. The van der Waals surface area contributed by atoms with Crippen LogP contribution in [0.2, 0.25) is 5.02 Å². The molecule has 4 rings (SSSR count). The normalized spacial score (nSPS) is 18.2. The molecule has 2 aromatic rings. The van der Waals surface area contributed by atoms with Gasteiger partial charge in [0.25, 0.3) is 0 Å². The maximum absolute atomic E-state index is 6.30. The van der Waals surface area contributed by atoms with Gasteiger partial charge in [-0.25, -0.2) is 0 Å². The average molecular weight is 551 g/mol. The number of nitrogens with zero attached hydrogens (tertiary/aromatic N) is 3. The van der Waals surface area contributed by atoms with Gasteiger partial charge in [-0.2, -0.15) is 0 Å². The first-order valence-electron chi connectivity index (χ1n) is 14.4. The molecule has 1 heterocycles. The molecule has 0 fully saturated rings. The van der Waals surface area contributed by atoms with E-state index in [1.807, 2.05) is 36.4 Å². The number of unbranched alkanes of at least 4 members (excludes halogenated alkanes) is 1. The Morgan fingerprint density at radius 1 is 1.00 bits per heavy atom. The molecule has 0 amide bonds. The predicted octanol–water partition coefficient (Wildman–Crippen LogP) is 6.35. The Balaban J connectivity index is 1.43. The van der Waals surface area contributed by atoms with Crippen LogP contribution in [0.25, 0.3) is 0 Å². The second-order valence-corrected chi connectivity index (χ2v) is 10.6. The molecule has 2 N–H and O–H groups in total. The van der Waals surface area contributed by atoms with Crippen LogP contribution in [0.3, 0.4) is 0 Å². The summed E-state index contributed by atoms with van der Waals surface area (Å²) in [6.07, 6.45) is 10.5. The van der Waals surface area contributed by atoms with Crippen molar-refractivity contribution in [1.29, 1.82) is 0 Å². The summed E-state index contributed by atoms with van der Waals surface area (Å²) >= 11 is 6.01. The summed E-state index contributed by atoms with van der Waals surface area (Å²) < 4.78 is 12.3. The molecule has 6 nitrogen and oxygen atoms in total. The highest BCUT2D eigenvalue weighted by Gasteiger charge is 2.36. The van der Waals surface area contributed by atoms with Gasteiger partial charge in [-0.15, -0.1) is 0 Å². The number of anilines is 1. The quantitative estimate of drug-likeness (QED) is 0.207. The van der Waals surface area contributed by atoms with Crippen LogP contribution in [0.4, 0.5) is 5.69 Å². The maximum atomic E-state index is 6.30. The number of hydrogen-bond donors (Lipinski definition) is 1. The number of aliphatic imine (C=N–C) groups is 1. The first kappa shape index (κ1) is 29.0. The summed E-state index contributed by atoms with van der Waals surface area (Å²) in [5.74, 6) is 2.62. The second-order valence-electron chi connectivity index (χ2n) is 10.1. The SMILES string of the molecule is CCCCN1C(c2ccc(N)c(OCCc3ccc(Cl)cc3)c2)=NC2C=CC(OCCCN(CC)CC)=CC21. The molecule has 210 valence electrons. The highest BCUT2D eigenvalue weighted by Crippen LogP contribution is 2.31. The van der Waals surface area contributed by atoms with E-state index in [0.29, 0.717) is 18.0 Å². The number of nitrogens with two attached hydrogens (primary N) is 1. The summed E-state index contributed by atoms with van der Waals surface area (Å²) in [5.41, 5.74) is 9.13. The van der Waals surface area contributed by atoms with Crippen molar-refractivity contribution >= 4 is 23.1 Å². The van der Waals surface area contributed by atoms with E-state index in [1.165, 1.54) is 5.56 Å². The Bertz CT molecular complexity index is 1160. The number of benzene rings is 2. The van der Waals surface area contributed by atoms with Crippen LogP contribution in [-0.4, -0.2) is 67.1 Å².